The number of hydrogen-bond donors (Lipinski definition) is 0. The number of hydrogen-bond acceptors (Lipinski definition) is 2. The number of aryl methyl sites for hydroxylation is 1. The van der Waals surface area contributed by atoms with Crippen LogP contribution in [-0.2, 0) is 0 Å². The minimum absolute atomic E-state index is 0.508. The van der Waals surface area contributed by atoms with Crippen molar-refractivity contribution in [3.63, 3.8) is 0 Å². The van der Waals surface area contributed by atoms with Gasteiger partial charge in [0.1, 0.15) is 5.75 Å². The Morgan fingerprint density at radius 3 is 2.23 bits per heavy atom. The lowest BCUT2D eigenvalue weighted by molar-refractivity contribution is 0.230. The number of rotatable bonds is 8. The van der Waals surface area contributed by atoms with Crippen molar-refractivity contribution in [1.82, 2.24) is 0 Å². The SMILES string of the molecule is C=CC1CC(C=C)C(COc2ccc(N(c3ccccc3)c3cccc(C)c3)cc2)C1. The van der Waals surface area contributed by atoms with Crippen LogP contribution in [0.15, 0.2) is 104 Å². The van der Waals surface area contributed by atoms with Gasteiger partial charge in [-0.05, 0) is 91.6 Å². The number of para-hydroxylation sites is 1. The molecule has 0 spiro atoms. The first-order chi connectivity index (χ1) is 15.2. The zero-order valence-electron chi connectivity index (χ0n) is 18.3. The van der Waals surface area contributed by atoms with Crippen LogP contribution >= 0.6 is 0 Å². The Kier molecular flexibility index (Phi) is 6.57. The van der Waals surface area contributed by atoms with Crippen molar-refractivity contribution in [2.75, 3.05) is 11.5 Å². The Balaban J connectivity index is 1.52. The molecule has 2 nitrogen and oxygen atoms in total. The number of anilines is 3. The molecule has 2 heteroatoms. The Hall–Kier alpha value is -3.26. The lowest BCUT2D eigenvalue weighted by atomic mass is 9.97. The van der Waals surface area contributed by atoms with Gasteiger partial charge in [-0.1, -0.05) is 42.5 Å². The van der Waals surface area contributed by atoms with Crippen LogP contribution in [0.2, 0.25) is 0 Å². The number of allylic oxidation sites excluding steroid dienone is 2. The summed E-state index contributed by atoms with van der Waals surface area (Å²) in [5, 5.41) is 0. The van der Waals surface area contributed by atoms with Crippen LogP contribution in [0.25, 0.3) is 0 Å². The van der Waals surface area contributed by atoms with Gasteiger partial charge in [0.15, 0.2) is 0 Å². The highest BCUT2D eigenvalue weighted by Crippen LogP contribution is 2.39. The smallest absolute Gasteiger partial charge is 0.119 e. The van der Waals surface area contributed by atoms with Gasteiger partial charge in [-0.3, -0.25) is 0 Å². The quantitative estimate of drug-likeness (QED) is 0.351. The van der Waals surface area contributed by atoms with E-state index in [1.165, 1.54) is 5.56 Å². The molecule has 1 aliphatic carbocycles. The number of nitrogens with zero attached hydrogens (tertiary/aromatic N) is 1. The van der Waals surface area contributed by atoms with E-state index in [-0.39, 0.29) is 0 Å². The number of ether oxygens (including phenoxy) is 1. The van der Waals surface area contributed by atoms with Crippen molar-refractivity contribution in [1.29, 1.82) is 0 Å². The van der Waals surface area contributed by atoms with E-state index in [1.54, 1.807) is 0 Å². The van der Waals surface area contributed by atoms with Crippen LogP contribution in [-0.4, -0.2) is 6.61 Å². The predicted octanol–water partition coefficient (Wildman–Crippen LogP) is 7.86. The molecule has 3 atom stereocenters. The molecule has 3 aromatic carbocycles. The fraction of sp³-hybridized carbons (Fsp3) is 0.241. The van der Waals surface area contributed by atoms with Crippen molar-refractivity contribution in [2.24, 2.45) is 17.8 Å². The molecule has 0 radical (unpaired) electrons. The molecular weight excluding hydrogens is 378 g/mol. The third kappa shape index (κ3) is 4.91. The predicted molar refractivity (Wildman–Crippen MR) is 131 cm³/mol. The molecule has 0 aliphatic heterocycles. The second kappa shape index (κ2) is 9.70. The van der Waals surface area contributed by atoms with Crippen molar-refractivity contribution in [2.45, 2.75) is 19.8 Å². The minimum Gasteiger partial charge on any atom is -0.493 e. The molecule has 0 bridgehead atoms. The maximum Gasteiger partial charge on any atom is 0.119 e. The topological polar surface area (TPSA) is 12.5 Å². The molecule has 0 amide bonds. The zero-order chi connectivity index (χ0) is 21.6. The average molecular weight is 410 g/mol. The van der Waals surface area contributed by atoms with E-state index >= 15 is 0 Å². The zero-order valence-corrected chi connectivity index (χ0v) is 18.3. The summed E-state index contributed by atoms with van der Waals surface area (Å²) in [4.78, 5) is 2.27. The van der Waals surface area contributed by atoms with Crippen molar-refractivity contribution in [3.05, 3.63) is 110 Å². The maximum absolute atomic E-state index is 6.18. The fourth-order valence-electron chi connectivity index (χ4n) is 4.56. The van der Waals surface area contributed by atoms with Gasteiger partial charge in [0.25, 0.3) is 0 Å². The minimum atomic E-state index is 0.508. The third-order valence-corrected chi connectivity index (χ3v) is 6.26. The Bertz CT molecular complexity index is 1010. The second-order valence-corrected chi connectivity index (χ2v) is 8.44. The molecule has 31 heavy (non-hydrogen) atoms. The highest BCUT2D eigenvalue weighted by molar-refractivity contribution is 5.76. The Labute approximate surface area is 186 Å². The highest BCUT2D eigenvalue weighted by atomic mass is 16.5. The van der Waals surface area contributed by atoms with Gasteiger partial charge in [-0.25, -0.2) is 0 Å². The van der Waals surface area contributed by atoms with Gasteiger partial charge >= 0.3 is 0 Å². The molecule has 4 rings (SSSR count). The van der Waals surface area contributed by atoms with E-state index in [9.17, 15) is 0 Å². The van der Waals surface area contributed by atoms with E-state index in [2.05, 4.69) is 110 Å². The summed E-state index contributed by atoms with van der Waals surface area (Å²) < 4.78 is 6.18. The maximum atomic E-state index is 6.18. The summed E-state index contributed by atoms with van der Waals surface area (Å²) >= 11 is 0. The van der Waals surface area contributed by atoms with Crippen LogP contribution in [0.1, 0.15) is 18.4 Å². The summed E-state index contributed by atoms with van der Waals surface area (Å²) in [5.74, 6) is 2.50. The molecule has 0 N–H and O–H groups in total. The van der Waals surface area contributed by atoms with E-state index in [0.717, 1.165) is 42.3 Å². The van der Waals surface area contributed by atoms with Gasteiger partial charge in [0, 0.05) is 17.1 Å². The summed E-state index contributed by atoms with van der Waals surface area (Å²) in [5.41, 5.74) is 4.64. The summed E-state index contributed by atoms with van der Waals surface area (Å²) in [6.45, 7) is 10.8. The number of benzene rings is 3. The molecule has 1 fully saturated rings. The van der Waals surface area contributed by atoms with Crippen LogP contribution < -0.4 is 9.64 Å². The van der Waals surface area contributed by atoms with E-state index in [4.69, 9.17) is 4.74 Å². The normalized spacial score (nSPS) is 20.2. The van der Waals surface area contributed by atoms with Gasteiger partial charge in [0.2, 0.25) is 0 Å². The van der Waals surface area contributed by atoms with Gasteiger partial charge in [-0.2, -0.15) is 0 Å². The third-order valence-electron chi connectivity index (χ3n) is 6.26. The van der Waals surface area contributed by atoms with E-state index in [1.807, 2.05) is 6.07 Å². The van der Waals surface area contributed by atoms with Gasteiger partial charge in [-0.15, -0.1) is 13.2 Å². The van der Waals surface area contributed by atoms with Crippen molar-refractivity contribution < 1.29 is 4.74 Å². The highest BCUT2D eigenvalue weighted by Gasteiger charge is 2.31. The van der Waals surface area contributed by atoms with E-state index < -0.39 is 0 Å². The first kappa shape index (κ1) is 21.0. The molecule has 0 heterocycles. The van der Waals surface area contributed by atoms with Gasteiger partial charge in [0.05, 0.1) is 6.61 Å². The lowest BCUT2D eigenvalue weighted by Gasteiger charge is -2.26. The largest absolute Gasteiger partial charge is 0.493 e. The molecule has 3 aromatic rings. The van der Waals surface area contributed by atoms with Crippen LogP contribution in [0.3, 0.4) is 0 Å². The average Bonchev–Trinajstić information content (AvgIpc) is 3.22. The molecule has 0 saturated heterocycles. The second-order valence-electron chi connectivity index (χ2n) is 8.44. The molecular formula is C29H31NO. The van der Waals surface area contributed by atoms with E-state index in [0.29, 0.717) is 17.8 Å². The summed E-state index contributed by atoms with van der Waals surface area (Å²) in [7, 11) is 0. The summed E-state index contributed by atoms with van der Waals surface area (Å²) in [6.07, 6.45) is 6.44. The Morgan fingerprint density at radius 2 is 1.55 bits per heavy atom. The fourth-order valence-corrected chi connectivity index (χ4v) is 4.56. The molecule has 1 saturated carbocycles. The van der Waals surface area contributed by atoms with Crippen molar-refractivity contribution >= 4 is 17.1 Å². The molecule has 3 unspecified atom stereocenters. The van der Waals surface area contributed by atoms with Gasteiger partial charge < -0.3 is 9.64 Å². The Morgan fingerprint density at radius 1 is 0.839 bits per heavy atom. The van der Waals surface area contributed by atoms with Crippen LogP contribution in [0, 0.1) is 24.7 Å². The first-order valence-corrected chi connectivity index (χ1v) is 11.1. The molecule has 1 aliphatic rings. The van der Waals surface area contributed by atoms with Crippen molar-refractivity contribution in [3.8, 4) is 5.75 Å². The monoisotopic (exact) mass is 409 g/mol. The molecule has 0 aromatic heterocycles. The summed E-state index contributed by atoms with van der Waals surface area (Å²) in [6, 6.07) is 27.5. The van der Waals surface area contributed by atoms with Crippen LogP contribution in [0.5, 0.6) is 5.75 Å². The lowest BCUT2D eigenvalue weighted by Crippen LogP contribution is -2.15. The molecule has 158 valence electrons. The van der Waals surface area contributed by atoms with Crippen LogP contribution in [0.4, 0.5) is 17.1 Å². The first-order valence-electron chi connectivity index (χ1n) is 11.1. The standard InChI is InChI=1S/C29H31NO/c1-4-23-19-24(5-2)25(20-23)21-31-29-16-14-27(15-17-29)30(26-11-7-6-8-12-26)28-13-9-10-22(3)18-28/h4-18,23-25H,1-2,19-21H2,3H3.